The minimum Gasteiger partial charge on any atom is -0.340 e. The van der Waals surface area contributed by atoms with Crippen molar-refractivity contribution in [2.24, 2.45) is 5.92 Å². The highest BCUT2D eigenvalue weighted by molar-refractivity contribution is 5.85. The van der Waals surface area contributed by atoms with E-state index in [1.54, 1.807) is 0 Å². The van der Waals surface area contributed by atoms with Gasteiger partial charge in [0.25, 0.3) is 0 Å². The van der Waals surface area contributed by atoms with Crippen molar-refractivity contribution in [3.8, 4) is 0 Å². The third kappa shape index (κ3) is 5.25. The van der Waals surface area contributed by atoms with Gasteiger partial charge in [0.15, 0.2) is 0 Å². The zero-order chi connectivity index (χ0) is 15.1. The Morgan fingerprint density at radius 3 is 2.41 bits per heavy atom. The number of aromatic nitrogens is 1. The van der Waals surface area contributed by atoms with Crippen LogP contribution in [0.4, 0.5) is 0 Å². The van der Waals surface area contributed by atoms with E-state index in [9.17, 15) is 4.79 Å². The quantitative estimate of drug-likeness (QED) is 0.806. The molecule has 124 valence electrons. The lowest BCUT2D eigenvalue weighted by Gasteiger charge is -2.36. The average Bonchev–Trinajstić information content (AvgIpc) is 2.55. The van der Waals surface area contributed by atoms with Crippen molar-refractivity contribution in [3.05, 3.63) is 30.1 Å². The molecule has 1 aromatic heterocycles. The smallest absolute Gasteiger partial charge is 0.225 e. The van der Waals surface area contributed by atoms with E-state index in [-0.39, 0.29) is 18.3 Å². The van der Waals surface area contributed by atoms with Gasteiger partial charge in [-0.1, -0.05) is 19.9 Å². The van der Waals surface area contributed by atoms with Gasteiger partial charge in [0.05, 0.1) is 0 Å². The zero-order valence-electron chi connectivity index (χ0n) is 13.7. The van der Waals surface area contributed by atoms with E-state index in [1.165, 1.54) is 0 Å². The molecule has 1 amide bonds. The normalized spacial score (nSPS) is 15.7. The molecule has 1 aliphatic heterocycles. The molecule has 0 aliphatic carbocycles. The fourth-order valence-corrected chi connectivity index (χ4v) is 2.91. The lowest BCUT2D eigenvalue weighted by atomic mass is 10.0. The molecule has 0 N–H and O–H groups in total. The van der Waals surface area contributed by atoms with Gasteiger partial charge in [-0.25, -0.2) is 0 Å². The van der Waals surface area contributed by atoms with Crippen LogP contribution < -0.4 is 0 Å². The van der Waals surface area contributed by atoms with Crippen molar-refractivity contribution in [2.75, 3.05) is 32.7 Å². The van der Waals surface area contributed by atoms with Gasteiger partial charge in [-0.3, -0.25) is 14.7 Å². The van der Waals surface area contributed by atoms with E-state index >= 15 is 0 Å². The molecule has 2 rings (SSSR count). The van der Waals surface area contributed by atoms with Crippen LogP contribution in [0.5, 0.6) is 0 Å². The number of carbonyl (C=O) groups excluding carboxylic acids is 1. The molecule has 4 nitrogen and oxygen atoms in total. The first kappa shape index (κ1) is 18.9. The fraction of sp³-hybridized carbons (Fsp3) is 0.647. The molecule has 1 aliphatic rings. The molecule has 1 fully saturated rings. The lowest BCUT2D eigenvalue weighted by molar-refractivity contribution is -0.137. The summed E-state index contributed by atoms with van der Waals surface area (Å²) < 4.78 is 0. The van der Waals surface area contributed by atoms with E-state index < -0.39 is 0 Å². The van der Waals surface area contributed by atoms with E-state index in [4.69, 9.17) is 0 Å². The van der Waals surface area contributed by atoms with Gasteiger partial charge in [-0.2, -0.15) is 0 Å². The highest BCUT2D eigenvalue weighted by atomic mass is 35.5. The highest BCUT2D eigenvalue weighted by Crippen LogP contribution is 2.14. The number of carbonyl (C=O) groups is 1. The topological polar surface area (TPSA) is 36.4 Å². The summed E-state index contributed by atoms with van der Waals surface area (Å²) in [4.78, 5) is 21.2. The molecule has 0 aromatic carbocycles. The summed E-state index contributed by atoms with van der Waals surface area (Å²) in [6.07, 6.45) is 4.74. The second kappa shape index (κ2) is 9.80. The molecule has 1 saturated heterocycles. The summed E-state index contributed by atoms with van der Waals surface area (Å²) in [6, 6.07) is 6.06. The molecule has 1 aromatic rings. The largest absolute Gasteiger partial charge is 0.340 e. The maximum Gasteiger partial charge on any atom is 0.225 e. The molecule has 0 saturated carbocycles. The molecule has 0 radical (unpaired) electrons. The monoisotopic (exact) mass is 325 g/mol. The van der Waals surface area contributed by atoms with Crippen LogP contribution in [-0.4, -0.2) is 53.4 Å². The number of halogens is 1. The molecular formula is C17H28ClN3O. The predicted molar refractivity (Wildman–Crippen MR) is 92.3 cm³/mol. The minimum absolute atomic E-state index is 0. The maximum absolute atomic E-state index is 12.3. The van der Waals surface area contributed by atoms with Gasteiger partial charge in [-0.05, 0) is 25.0 Å². The van der Waals surface area contributed by atoms with Crippen LogP contribution in [0.2, 0.25) is 0 Å². The van der Waals surface area contributed by atoms with Crippen molar-refractivity contribution in [1.82, 2.24) is 14.8 Å². The Hall–Kier alpha value is -1.13. The van der Waals surface area contributed by atoms with Crippen LogP contribution in [0, 0.1) is 5.92 Å². The van der Waals surface area contributed by atoms with Crippen molar-refractivity contribution < 1.29 is 4.79 Å². The van der Waals surface area contributed by atoms with Gasteiger partial charge in [0, 0.05) is 57.0 Å². The number of amides is 1. The molecule has 0 spiro atoms. The molecule has 0 unspecified atom stereocenters. The summed E-state index contributed by atoms with van der Waals surface area (Å²) in [7, 11) is 0. The summed E-state index contributed by atoms with van der Waals surface area (Å²) in [5.41, 5.74) is 1.15. The van der Waals surface area contributed by atoms with Crippen LogP contribution in [0.3, 0.4) is 0 Å². The van der Waals surface area contributed by atoms with E-state index in [1.807, 2.05) is 18.3 Å². The van der Waals surface area contributed by atoms with E-state index in [0.29, 0.717) is 5.91 Å². The summed E-state index contributed by atoms with van der Waals surface area (Å²) in [5.74, 6) is 0.564. The first-order valence-electron chi connectivity index (χ1n) is 8.15. The van der Waals surface area contributed by atoms with Crippen molar-refractivity contribution >= 4 is 18.3 Å². The standard InChI is InChI=1S/C17H27N3O.ClH/c1-3-15(4-2)17(21)20-13-11-19(12-14-20)10-8-16-7-5-6-9-18-16;/h5-7,9,15H,3-4,8,10-14H2,1-2H3;1H. The Labute approximate surface area is 140 Å². The first-order chi connectivity index (χ1) is 10.2. The Morgan fingerprint density at radius 1 is 1.18 bits per heavy atom. The number of rotatable bonds is 6. The summed E-state index contributed by atoms with van der Waals surface area (Å²) in [5, 5.41) is 0. The summed E-state index contributed by atoms with van der Waals surface area (Å²) >= 11 is 0. The molecule has 0 bridgehead atoms. The number of hydrogen-bond acceptors (Lipinski definition) is 3. The second-order valence-electron chi connectivity index (χ2n) is 5.75. The second-order valence-corrected chi connectivity index (χ2v) is 5.75. The number of nitrogens with zero attached hydrogens (tertiary/aromatic N) is 3. The lowest BCUT2D eigenvalue weighted by Crippen LogP contribution is -2.50. The van der Waals surface area contributed by atoms with Gasteiger partial charge in [0.2, 0.25) is 5.91 Å². The van der Waals surface area contributed by atoms with Gasteiger partial charge >= 0.3 is 0 Å². The van der Waals surface area contributed by atoms with E-state index in [2.05, 4.69) is 34.7 Å². The maximum atomic E-state index is 12.3. The molecule has 22 heavy (non-hydrogen) atoms. The summed E-state index contributed by atoms with van der Waals surface area (Å²) in [6.45, 7) is 8.96. The first-order valence-corrected chi connectivity index (χ1v) is 8.15. The molecule has 0 atom stereocenters. The van der Waals surface area contributed by atoms with Gasteiger partial charge in [0.1, 0.15) is 0 Å². The number of pyridine rings is 1. The Balaban J connectivity index is 0.00000242. The predicted octanol–water partition coefficient (Wildman–Crippen LogP) is 2.63. The van der Waals surface area contributed by atoms with Crippen molar-refractivity contribution in [1.29, 1.82) is 0 Å². The van der Waals surface area contributed by atoms with Crippen LogP contribution in [-0.2, 0) is 11.2 Å². The third-order valence-corrected chi connectivity index (χ3v) is 4.43. The van der Waals surface area contributed by atoms with Crippen LogP contribution in [0.25, 0.3) is 0 Å². The third-order valence-electron chi connectivity index (χ3n) is 4.43. The molecule has 2 heterocycles. The molecular weight excluding hydrogens is 298 g/mol. The van der Waals surface area contributed by atoms with Crippen molar-refractivity contribution in [3.63, 3.8) is 0 Å². The Morgan fingerprint density at radius 2 is 1.86 bits per heavy atom. The van der Waals surface area contributed by atoms with Crippen LogP contribution in [0.15, 0.2) is 24.4 Å². The van der Waals surface area contributed by atoms with Gasteiger partial charge in [-0.15, -0.1) is 12.4 Å². The molecule has 5 heteroatoms. The number of piperazine rings is 1. The number of hydrogen-bond donors (Lipinski definition) is 0. The Bertz CT molecular complexity index is 429. The zero-order valence-corrected chi connectivity index (χ0v) is 14.5. The average molecular weight is 326 g/mol. The van der Waals surface area contributed by atoms with E-state index in [0.717, 1.165) is 57.7 Å². The highest BCUT2D eigenvalue weighted by Gasteiger charge is 2.25. The van der Waals surface area contributed by atoms with Crippen molar-refractivity contribution in [2.45, 2.75) is 33.1 Å². The SMILES string of the molecule is CCC(CC)C(=O)N1CCN(CCc2ccccn2)CC1.Cl. The van der Waals surface area contributed by atoms with Crippen LogP contribution >= 0.6 is 12.4 Å². The Kier molecular flexibility index (Phi) is 8.43. The fourth-order valence-electron chi connectivity index (χ4n) is 2.91. The minimum atomic E-state index is 0. The van der Waals surface area contributed by atoms with Crippen LogP contribution in [0.1, 0.15) is 32.4 Å². The van der Waals surface area contributed by atoms with Gasteiger partial charge < -0.3 is 4.90 Å².